The molecule has 1 unspecified atom stereocenters. The Morgan fingerprint density at radius 3 is 2.65 bits per heavy atom. The molecule has 0 radical (unpaired) electrons. The monoisotopic (exact) mass is 543 g/mol. The van der Waals surface area contributed by atoms with Crippen LogP contribution in [0.4, 0.5) is 16.4 Å². The highest BCUT2D eigenvalue weighted by Crippen LogP contribution is 2.42. The van der Waals surface area contributed by atoms with Crippen molar-refractivity contribution in [3.8, 4) is 34.6 Å². The first-order valence-corrected chi connectivity index (χ1v) is 13.3. The summed E-state index contributed by atoms with van der Waals surface area (Å²) < 4.78 is 11.5. The number of phenols is 1. The van der Waals surface area contributed by atoms with Gasteiger partial charge in [-0.3, -0.25) is 0 Å². The molecule has 1 aromatic carbocycles. The molecular weight excluding hydrogens is 510 g/mol. The van der Waals surface area contributed by atoms with Gasteiger partial charge >= 0.3 is 6.09 Å². The van der Waals surface area contributed by atoms with E-state index < -0.39 is 11.7 Å². The third-order valence-electron chi connectivity index (χ3n) is 6.85. The summed E-state index contributed by atoms with van der Waals surface area (Å²) >= 11 is 0. The van der Waals surface area contributed by atoms with Crippen LogP contribution in [0.3, 0.4) is 0 Å². The van der Waals surface area contributed by atoms with E-state index in [1.807, 2.05) is 12.1 Å². The van der Waals surface area contributed by atoms with Crippen molar-refractivity contribution in [3.05, 3.63) is 48.4 Å². The normalized spacial score (nSPS) is 19.9. The number of anilines is 2. The molecule has 0 bridgehead atoms. The summed E-state index contributed by atoms with van der Waals surface area (Å²) in [7, 11) is 0. The molecule has 1 saturated carbocycles. The average molecular weight is 544 g/mol. The van der Waals surface area contributed by atoms with Gasteiger partial charge in [0.25, 0.3) is 0 Å². The number of rotatable bonds is 5. The Balaban J connectivity index is 1.16. The maximum absolute atomic E-state index is 11.8. The minimum absolute atomic E-state index is 0.0187. The Morgan fingerprint density at radius 2 is 1.93 bits per heavy atom. The molecule has 1 amide bonds. The molecule has 11 heteroatoms. The fraction of sp³-hybridized carbons (Fsp3) is 0.414. The number of aromatic hydroxyl groups is 1. The number of carbonyl (C=O) groups excluding carboxylic acids is 1. The molecular formula is C29H33N7O4. The van der Waals surface area contributed by atoms with Gasteiger partial charge in [0.1, 0.15) is 22.9 Å². The van der Waals surface area contributed by atoms with Gasteiger partial charge in [-0.1, -0.05) is 18.1 Å². The van der Waals surface area contributed by atoms with Crippen molar-refractivity contribution >= 4 is 17.7 Å². The molecule has 208 valence electrons. The molecule has 4 N–H and O–H groups in total. The van der Waals surface area contributed by atoms with E-state index in [0.717, 1.165) is 31.7 Å². The summed E-state index contributed by atoms with van der Waals surface area (Å²) in [5.41, 5.74) is 6.60. The van der Waals surface area contributed by atoms with Crippen LogP contribution in [-0.2, 0) is 4.74 Å². The van der Waals surface area contributed by atoms with Crippen LogP contribution in [0.2, 0.25) is 0 Å². The van der Waals surface area contributed by atoms with Gasteiger partial charge in [-0.15, -0.1) is 10.2 Å². The zero-order valence-electron chi connectivity index (χ0n) is 22.8. The number of para-hydroxylation sites is 1. The topological polar surface area (TPSA) is 149 Å². The SMILES string of the molecule is CC(C)(C)OC(=O)NCC#Cc1nccc(N2C[C@H]3CC(Oc4cc(-c5ccccc5O)nnc4N)C[C@H]3C2)n1. The smallest absolute Gasteiger partial charge is 0.408 e. The number of alkyl carbamates (subject to hydrolysis) is 1. The minimum atomic E-state index is -0.560. The Labute approximate surface area is 233 Å². The quantitative estimate of drug-likeness (QED) is 0.409. The van der Waals surface area contributed by atoms with Crippen molar-refractivity contribution in [1.82, 2.24) is 25.5 Å². The largest absolute Gasteiger partial charge is 0.507 e. The van der Waals surface area contributed by atoms with Crippen molar-refractivity contribution < 1.29 is 19.4 Å². The van der Waals surface area contributed by atoms with Crippen LogP contribution >= 0.6 is 0 Å². The Morgan fingerprint density at radius 1 is 1.18 bits per heavy atom. The van der Waals surface area contributed by atoms with Gasteiger partial charge in [-0.2, -0.15) is 0 Å². The van der Waals surface area contributed by atoms with E-state index in [1.54, 1.807) is 51.2 Å². The molecule has 40 heavy (non-hydrogen) atoms. The molecule has 3 aromatic rings. The van der Waals surface area contributed by atoms with Gasteiger partial charge in [-0.05, 0) is 69.6 Å². The molecule has 1 aliphatic carbocycles. The van der Waals surface area contributed by atoms with E-state index in [2.05, 4.69) is 42.2 Å². The first kappa shape index (κ1) is 27.0. The van der Waals surface area contributed by atoms with Crippen LogP contribution in [0.25, 0.3) is 11.3 Å². The van der Waals surface area contributed by atoms with Crippen molar-refractivity contribution in [1.29, 1.82) is 0 Å². The number of carbonyl (C=O) groups is 1. The fourth-order valence-corrected chi connectivity index (χ4v) is 5.15. The van der Waals surface area contributed by atoms with Gasteiger partial charge in [0.05, 0.1) is 12.6 Å². The number of hydrogen-bond donors (Lipinski definition) is 3. The number of nitrogens with two attached hydrogens (primary N) is 1. The third kappa shape index (κ3) is 6.51. The molecule has 2 aromatic heterocycles. The Kier molecular flexibility index (Phi) is 7.60. The summed E-state index contributed by atoms with van der Waals surface area (Å²) in [6.45, 7) is 7.29. The fourth-order valence-electron chi connectivity index (χ4n) is 5.15. The standard InChI is InChI=1S/C29H33N7O4/c1-29(2,3)40-28(38)32-11-6-9-25-31-12-10-26(33-25)36-16-18-13-20(14-19(18)17-36)39-24-15-22(34-35-27(24)30)21-7-4-5-8-23(21)37/h4-5,7-8,10,12,15,18-20,37H,11,13-14,16-17H2,1-3H3,(H2,30,35)(H,32,38)/t18-,19+,20?. The average Bonchev–Trinajstić information content (AvgIpc) is 3.47. The van der Waals surface area contributed by atoms with E-state index in [1.165, 1.54) is 0 Å². The second-order valence-corrected chi connectivity index (χ2v) is 11.0. The van der Waals surface area contributed by atoms with Crippen LogP contribution in [0.5, 0.6) is 11.5 Å². The lowest BCUT2D eigenvalue weighted by Crippen LogP contribution is -2.32. The molecule has 11 nitrogen and oxygen atoms in total. The summed E-state index contributed by atoms with van der Waals surface area (Å²) in [5, 5.41) is 21.0. The van der Waals surface area contributed by atoms with Crippen molar-refractivity contribution in [2.45, 2.75) is 45.3 Å². The van der Waals surface area contributed by atoms with E-state index in [9.17, 15) is 9.90 Å². The first-order chi connectivity index (χ1) is 19.1. The molecule has 5 rings (SSSR count). The number of nitrogens with one attached hydrogen (secondary N) is 1. The third-order valence-corrected chi connectivity index (χ3v) is 6.85. The first-order valence-electron chi connectivity index (χ1n) is 13.3. The van der Waals surface area contributed by atoms with Crippen molar-refractivity contribution in [3.63, 3.8) is 0 Å². The number of nitrogen functional groups attached to an aromatic ring is 1. The number of fused-ring (bicyclic) bond motifs is 1. The van der Waals surface area contributed by atoms with E-state index in [-0.39, 0.29) is 24.2 Å². The predicted octanol–water partition coefficient (Wildman–Crippen LogP) is 3.39. The molecule has 3 atom stereocenters. The highest BCUT2D eigenvalue weighted by Gasteiger charge is 2.42. The van der Waals surface area contributed by atoms with Gasteiger partial charge < -0.3 is 30.5 Å². The van der Waals surface area contributed by atoms with E-state index >= 15 is 0 Å². The van der Waals surface area contributed by atoms with Gasteiger partial charge in [-0.25, -0.2) is 14.8 Å². The minimum Gasteiger partial charge on any atom is -0.507 e. The summed E-state index contributed by atoms with van der Waals surface area (Å²) in [6, 6.07) is 10.6. The predicted molar refractivity (Wildman–Crippen MR) is 150 cm³/mol. The number of amides is 1. The van der Waals surface area contributed by atoms with Crippen molar-refractivity contribution in [2.24, 2.45) is 11.8 Å². The number of benzene rings is 1. The van der Waals surface area contributed by atoms with Crippen molar-refractivity contribution in [2.75, 3.05) is 30.3 Å². The van der Waals surface area contributed by atoms with Gasteiger partial charge in [0, 0.05) is 30.9 Å². The van der Waals surface area contributed by atoms with Gasteiger partial charge in [0.15, 0.2) is 11.6 Å². The number of aromatic nitrogens is 4. The lowest BCUT2D eigenvalue weighted by molar-refractivity contribution is 0.0535. The maximum atomic E-state index is 11.8. The van der Waals surface area contributed by atoms with Crippen LogP contribution in [0, 0.1) is 23.7 Å². The van der Waals surface area contributed by atoms with Gasteiger partial charge in [0.2, 0.25) is 5.82 Å². The lowest BCUT2D eigenvalue weighted by Gasteiger charge is -2.21. The molecule has 1 saturated heterocycles. The molecule has 1 aliphatic heterocycles. The maximum Gasteiger partial charge on any atom is 0.408 e. The van der Waals surface area contributed by atoms with Crippen LogP contribution in [0.1, 0.15) is 39.4 Å². The Hall–Kier alpha value is -4.59. The highest BCUT2D eigenvalue weighted by molar-refractivity contribution is 5.69. The van der Waals surface area contributed by atoms with Crippen LogP contribution in [-0.4, -0.2) is 62.7 Å². The number of ether oxygens (including phenoxy) is 2. The van der Waals surface area contributed by atoms with Crippen LogP contribution < -0.4 is 20.7 Å². The van der Waals surface area contributed by atoms with E-state index in [4.69, 9.17) is 15.2 Å². The Bertz CT molecular complexity index is 1430. The number of phenolic OH excluding ortho intramolecular Hbond substituents is 1. The zero-order valence-corrected chi connectivity index (χ0v) is 22.8. The highest BCUT2D eigenvalue weighted by atomic mass is 16.6. The number of nitrogens with zero attached hydrogens (tertiary/aromatic N) is 5. The molecule has 2 fully saturated rings. The molecule has 3 heterocycles. The summed E-state index contributed by atoms with van der Waals surface area (Å²) in [5.74, 6) is 8.78. The summed E-state index contributed by atoms with van der Waals surface area (Å²) in [6.07, 6.45) is 2.99. The zero-order chi connectivity index (χ0) is 28.3. The van der Waals surface area contributed by atoms with Crippen LogP contribution in [0.15, 0.2) is 42.6 Å². The lowest BCUT2D eigenvalue weighted by atomic mass is 10.0. The molecule has 0 spiro atoms. The van der Waals surface area contributed by atoms with E-state index in [0.29, 0.717) is 34.7 Å². The molecule has 2 aliphatic rings. The summed E-state index contributed by atoms with van der Waals surface area (Å²) in [4.78, 5) is 22.9. The second-order valence-electron chi connectivity index (χ2n) is 11.0. The number of hydrogen-bond acceptors (Lipinski definition) is 10. The second kappa shape index (κ2) is 11.3.